The summed E-state index contributed by atoms with van der Waals surface area (Å²) < 4.78 is 10.9. The Morgan fingerprint density at radius 2 is 1.84 bits per heavy atom. The molecule has 4 aromatic rings. The highest BCUT2D eigenvalue weighted by Crippen LogP contribution is 2.38. The molecule has 0 spiro atoms. The fourth-order valence-corrected chi connectivity index (χ4v) is 7.01. The molecule has 3 heterocycles. The zero-order valence-electron chi connectivity index (χ0n) is 27.4. The van der Waals surface area contributed by atoms with E-state index in [1.165, 1.54) is 35.4 Å². The molecule has 1 aliphatic heterocycles. The Morgan fingerprint density at radius 3 is 2.53 bits per heavy atom. The maximum atomic E-state index is 13.4. The second-order valence-electron chi connectivity index (χ2n) is 12.1. The third-order valence-electron chi connectivity index (χ3n) is 7.19. The van der Waals surface area contributed by atoms with Crippen molar-refractivity contribution in [2.45, 2.75) is 56.4 Å². The Morgan fingerprint density at radius 1 is 1.06 bits per heavy atom. The number of nitriles is 1. The van der Waals surface area contributed by atoms with Crippen molar-refractivity contribution < 1.29 is 28.3 Å². The molecular weight excluding hydrogens is 663 g/mol. The molecule has 11 nitrogen and oxygen atoms in total. The Kier molecular flexibility index (Phi) is 10.9. The van der Waals surface area contributed by atoms with Crippen LogP contribution < -0.4 is 16.0 Å². The Hall–Kier alpha value is -5.32. The first-order valence-electron chi connectivity index (χ1n) is 15.4. The van der Waals surface area contributed by atoms with Crippen LogP contribution in [0.5, 0.6) is 0 Å². The van der Waals surface area contributed by atoms with E-state index < -0.39 is 28.8 Å². The van der Waals surface area contributed by atoms with Gasteiger partial charge in [0.1, 0.15) is 28.1 Å². The lowest BCUT2D eigenvalue weighted by atomic mass is 10.0. The average molecular weight is 698 g/mol. The van der Waals surface area contributed by atoms with Crippen LogP contribution in [0.2, 0.25) is 0 Å². The number of rotatable bonds is 9. The molecule has 2 aromatic heterocycles. The third kappa shape index (κ3) is 9.19. The highest BCUT2D eigenvalue weighted by atomic mass is 32.2. The normalized spacial score (nSPS) is 13.4. The molecule has 0 radical (unpaired) electrons. The summed E-state index contributed by atoms with van der Waals surface area (Å²) in [7, 11) is 0. The van der Waals surface area contributed by atoms with Crippen LogP contribution in [0, 0.1) is 11.3 Å². The lowest BCUT2D eigenvalue weighted by molar-refractivity contribution is -0.115. The van der Waals surface area contributed by atoms with Crippen molar-refractivity contribution in [3.8, 4) is 6.07 Å². The van der Waals surface area contributed by atoms with Gasteiger partial charge in [-0.15, -0.1) is 23.1 Å². The van der Waals surface area contributed by atoms with Crippen LogP contribution in [-0.2, 0) is 27.3 Å². The topological polar surface area (TPSA) is 154 Å². The van der Waals surface area contributed by atoms with E-state index in [1.54, 1.807) is 72.5 Å². The van der Waals surface area contributed by atoms with E-state index in [2.05, 4.69) is 22.0 Å². The smallest absolute Gasteiger partial charge is 0.410 e. The summed E-state index contributed by atoms with van der Waals surface area (Å²) in [5.41, 5.74) is 1.45. The number of hydrogen-bond acceptors (Lipinski definition) is 9. The number of furan rings is 1. The van der Waals surface area contributed by atoms with Gasteiger partial charge in [-0.05, 0) is 82.1 Å². The standard InChI is InChI=1S/C36H35N5O6S2/c1-22(31(42)40-34-28(20-37)27-15-16-41(21-30(27)49-34)35(45)47-36(2,3)4)48-26-14-8-12-24(18-26)38-33(44)29(19-25-13-9-17-46-25)39-32(43)23-10-6-5-7-11-23/h5-14,17-19,22H,15-16,21H2,1-4H3,(H,38,44)(H,39,43)(H,40,42)/b29-19-. The molecule has 2 aromatic carbocycles. The highest BCUT2D eigenvalue weighted by Gasteiger charge is 2.30. The first-order chi connectivity index (χ1) is 23.4. The van der Waals surface area contributed by atoms with Crippen LogP contribution in [0.3, 0.4) is 0 Å². The summed E-state index contributed by atoms with van der Waals surface area (Å²) in [5, 5.41) is 18.2. The van der Waals surface area contributed by atoms with E-state index in [0.717, 1.165) is 10.4 Å². The number of carbonyl (C=O) groups is 4. The summed E-state index contributed by atoms with van der Waals surface area (Å²) in [6, 6.07) is 21.1. The minimum absolute atomic E-state index is 0.0178. The lowest BCUT2D eigenvalue weighted by Crippen LogP contribution is -2.39. The number of thiophene rings is 1. The minimum Gasteiger partial charge on any atom is -0.465 e. The van der Waals surface area contributed by atoms with Crippen molar-refractivity contribution >= 4 is 63.7 Å². The number of fused-ring (bicyclic) bond motifs is 1. The van der Waals surface area contributed by atoms with Gasteiger partial charge in [-0.25, -0.2) is 4.79 Å². The summed E-state index contributed by atoms with van der Waals surface area (Å²) in [6.45, 7) is 7.90. The number of nitrogens with one attached hydrogen (secondary N) is 3. The van der Waals surface area contributed by atoms with Crippen molar-refractivity contribution in [3.63, 3.8) is 0 Å². The van der Waals surface area contributed by atoms with Gasteiger partial charge in [0.05, 0.1) is 23.6 Å². The van der Waals surface area contributed by atoms with Crippen molar-refractivity contribution in [2.75, 3.05) is 17.2 Å². The number of nitrogens with zero attached hydrogens (tertiary/aromatic N) is 2. The summed E-state index contributed by atoms with van der Waals surface area (Å²) >= 11 is 2.57. The Balaban J connectivity index is 1.24. The average Bonchev–Trinajstić information content (AvgIpc) is 3.70. The number of thioether (sulfide) groups is 1. The molecule has 13 heteroatoms. The fraction of sp³-hybridized carbons (Fsp3) is 0.250. The van der Waals surface area contributed by atoms with Crippen molar-refractivity contribution in [1.82, 2.24) is 10.2 Å². The molecule has 1 unspecified atom stereocenters. The quantitative estimate of drug-likeness (QED) is 0.124. The number of hydrogen-bond donors (Lipinski definition) is 3. The number of amides is 4. The molecule has 5 rings (SSSR count). The fourth-order valence-electron chi connectivity index (χ4n) is 4.87. The van der Waals surface area contributed by atoms with Gasteiger partial charge < -0.3 is 30.0 Å². The van der Waals surface area contributed by atoms with E-state index in [-0.39, 0.29) is 11.6 Å². The molecule has 0 saturated heterocycles. The van der Waals surface area contributed by atoms with Gasteiger partial charge in [0.2, 0.25) is 5.91 Å². The zero-order valence-corrected chi connectivity index (χ0v) is 29.0. The Bertz CT molecular complexity index is 1920. The molecule has 0 bridgehead atoms. The molecule has 0 fully saturated rings. The number of ether oxygens (including phenoxy) is 1. The van der Waals surface area contributed by atoms with Crippen molar-refractivity contribution in [2.24, 2.45) is 0 Å². The van der Waals surface area contributed by atoms with E-state index in [0.29, 0.717) is 52.0 Å². The highest BCUT2D eigenvalue weighted by molar-refractivity contribution is 8.00. The third-order valence-corrected chi connectivity index (χ3v) is 9.42. The molecule has 0 saturated carbocycles. The predicted molar refractivity (Wildman–Crippen MR) is 189 cm³/mol. The molecule has 1 aliphatic rings. The van der Waals surface area contributed by atoms with E-state index in [4.69, 9.17) is 9.15 Å². The van der Waals surface area contributed by atoms with E-state index >= 15 is 0 Å². The van der Waals surface area contributed by atoms with Crippen LogP contribution in [0.25, 0.3) is 6.08 Å². The monoisotopic (exact) mass is 697 g/mol. The zero-order chi connectivity index (χ0) is 35.1. The first kappa shape index (κ1) is 35.0. The second kappa shape index (κ2) is 15.3. The minimum atomic E-state index is -0.622. The molecule has 0 aliphatic carbocycles. The van der Waals surface area contributed by atoms with Gasteiger partial charge in [-0.3, -0.25) is 14.4 Å². The van der Waals surface area contributed by atoms with Crippen LogP contribution in [0.4, 0.5) is 15.5 Å². The van der Waals surface area contributed by atoms with E-state index in [9.17, 15) is 24.4 Å². The van der Waals surface area contributed by atoms with Gasteiger partial charge in [-0.2, -0.15) is 5.26 Å². The summed E-state index contributed by atoms with van der Waals surface area (Å²) in [5.74, 6) is -0.936. The van der Waals surface area contributed by atoms with Crippen molar-refractivity contribution in [1.29, 1.82) is 5.26 Å². The maximum Gasteiger partial charge on any atom is 0.410 e. The van der Waals surface area contributed by atoms with E-state index in [1.807, 2.05) is 26.8 Å². The van der Waals surface area contributed by atoms with Gasteiger partial charge in [0.25, 0.3) is 11.8 Å². The largest absolute Gasteiger partial charge is 0.465 e. The van der Waals surface area contributed by atoms with Crippen LogP contribution in [0.15, 0.2) is 88.0 Å². The predicted octanol–water partition coefficient (Wildman–Crippen LogP) is 7.03. The van der Waals surface area contributed by atoms with Crippen LogP contribution >= 0.6 is 23.1 Å². The van der Waals surface area contributed by atoms with Gasteiger partial charge in [0, 0.05) is 33.6 Å². The number of benzene rings is 2. The lowest BCUT2D eigenvalue weighted by Gasteiger charge is -2.29. The molecule has 1 atom stereocenters. The summed E-state index contributed by atoms with van der Waals surface area (Å²) in [6.07, 6.45) is 2.97. The number of anilines is 2. The number of carbonyl (C=O) groups excluding carboxylic acids is 4. The molecular formula is C36H35N5O6S2. The van der Waals surface area contributed by atoms with Crippen LogP contribution in [-0.4, -0.2) is 46.1 Å². The summed E-state index contributed by atoms with van der Waals surface area (Å²) in [4.78, 5) is 55.3. The first-order valence-corrected chi connectivity index (χ1v) is 17.1. The SMILES string of the molecule is CC(Sc1cccc(NC(=O)/C(=C/c2ccco2)NC(=O)c2ccccc2)c1)C(=O)Nc1sc2c(c1C#N)CCN(C(=O)OC(C)(C)C)C2. The maximum absolute atomic E-state index is 13.4. The second-order valence-corrected chi connectivity index (χ2v) is 14.6. The van der Waals surface area contributed by atoms with Gasteiger partial charge in [0.15, 0.2) is 0 Å². The molecule has 3 N–H and O–H groups in total. The molecule has 49 heavy (non-hydrogen) atoms. The van der Waals surface area contributed by atoms with Crippen LogP contribution in [0.1, 0.15) is 59.8 Å². The van der Waals surface area contributed by atoms with Gasteiger partial charge in [-0.1, -0.05) is 24.3 Å². The van der Waals surface area contributed by atoms with Crippen molar-refractivity contribution in [3.05, 3.63) is 106 Å². The Labute approximate surface area is 292 Å². The molecule has 4 amide bonds. The van der Waals surface area contributed by atoms with Gasteiger partial charge >= 0.3 is 6.09 Å². The molecule has 252 valence electrons.